The molecule has 9 heteroatoms. The van der Waals surface area contributed by atoms with E-state index in [-0.39, 0.29) is 37.8 Å². The van der Waals surface area contributed by atoms with Gasteiger partial charge in [0.25, 0.3) is 0 Å². The summed E-state index contributed by atoms with van der Waals surface area (Å²) in [5.74, 6) is -2.18. The first-order valence-corrected chi connectivity index (χ1v) is 9.72. The SMILES string of the molecule is CCOC(=O)[C@@]12CN(Cc3ccccc3)C[C@@H]1c1cccc(C(F)(F)F)c1NC2=O.Cl. The summed E-state index contributed by atoms with van der Waals surface area (Å²) in [6, 6.07) is 13.3. The van der Waals surface area contributed by atoms with E-state index in [2.05, 4.69) is 5.32 Å². The fourth-order valence-corrected chi connectivity index (χ4v) is 4.52. The van der Waals surface area contributed by atoms with Crippen molar-refractivity contribution >= 4 is 30.0 Å². The van der Waals surface area contributed by atoms with Crippen LogP contribution in [0.25, 0.3) is 0 Å². The van der Waals surface area contributed by atoms with Crippen molar-refractivity contribution in [3.05, 3.63) is 65.2 Å². The number of hydrogen-bond acceptors (Lipinski definition) is 4. The topological polar surface area (TPSA) is 58.6 Å². The zero-order valence-corrected chi connectivity index (χ0v) is 17.6. The summed E-state index contributed by atoms with van der Waals surface area (Å²) >= 11 is 0. The van der Waals surface area contributed by atoms with E-state index < -0.39 is 34.9 Å². The van der Waals surface area contributed by atoms with Gasteiger partial charge in [-0.15, -0.1) is 12.4 Å². The quantitative estimate of drug-likeness (QED) is 0.555. The number of nitrogens with one attached hydrogen (secondary N) is 1. The number of carbonyl (C=O) groups is 2. The van der Waals surface area contributed by atoms with Crippen molar-refractivity contribution in [1.82, 2.24) is 4.90 Å². The maximum absolute atomic E-state index is 13.5. The number of para-hydroxylation sites is 1. The number of nitrogens with zero attached hydrogens (tertiary/aromatic N) is 1. The number of halogens is 4. The average Bonchev–Trinajstić information content (AvgIpc) is 3.09. The van der Waals surface area contributed by atoms with Gasteiger partial charge in [-0.1, -0.05) is 42.5 Å². The Morgan fingerprint density at radius 1 is 1.19 bits per heavy atom. The molecule has 1 amide bonds. The van der Waals surface area contributed by atoms with Gasteiger partial charge in [0.05, 0.1) is 17.9 Å². The monoisotopic (exact) mass is 454 g/mol. The number of likely N-dealkylation sites (tertiary alicyclic amines) is 1. The zero-order valence-electron chi connectivity index (χ0n) is 16.7. The van der Waals surface area contributed by atoms with Crippen LogP contribution in [0.1, 0.15) is 29.5 Å². The van der Waals surface area contributed by atoms with Crippen LogP contribution in [0.15, 0.2) is 48.5 Å². The van der Waals surface area contributed by atoms with Gasteiger partial charge in [-0.2, -0.15) is 13.2 Å². The number of ether oxygens (including phenoxy) is 1. The number of alkyl halides is 3. The van der Waals surface area contributed by atoms with Gasteiger partial charge >= 0.3 is 12.1 Å². The molecule has 0 unspecified atom stereocenters. The summed E-state index contributed by atoms with van der Waals surface area (Å²) in [6.07, 6.45) is -4.62. The predicted octanol–water partition coefficient (Wildman–Crippen LogP) is 4.23. The molecule has 4 rings (SSSR count). The number of anilines is 1. The molecule has 1 N–H and O–H groups in total. The highest BCUT2D eigenvalue weighted by atomic mass is 35.5. The van der Waals surface area contributed by atoms with Crippen molar-refractivity contribution in [1.29, 1.82) is 0 Å². The van der Waals surface area contributed by atoms with E-state index in [9.17, 15) is 22.8 Å². The Labute approximate surface area is 184 Å². The van der Waals surface area contributed by atoms with Crippen molar-refractivity contribution < 1.29 is 27.5 Å². The van der Waals surface area contributed by atoms with E-state index in [0.29, 0.717) is 12.1 Å². The summed E-state index contributed by atoms with van der Waals surface area (Å²) < 4.78 is 45.8. The molecule has 2 aliphatic rings. The lowest BCUT2D eigenvalue weighted by atomic mass is 9.70. The van der Waals surface area contributed by atoms with E-state index >= 15 is 0 Å². The fraction of sp³-hybridized carbons (Fsp3) is 0.364. The molecule has 2 aromatic rings. The van der Waals surface area contributed by atoms with Crippen LogP contribution in [0.5, 0.6) is 0 Å². The lowest BCUT2D eigenvalue weighted by Gasteiger charge is -2.37. The highest BCUT2D eigenvalue weighted by Gasteiger charge is 2.62. The number of esters is 1. The fourth-order valence-electron chi connectivity index (χ4n) is 4.52. The van der Waals surface area contributed by atoms with Gasteiger partial charge < -0.3 is 10.1 Å². The van der Waals surface area contributed by atoms with Crippen molar-refractivity contribution in [2.75, 3.05) is 25.0 Å². The molecule has 0 bridgehead atoms. The Balaban J connectivity index is 0.00000272. The van der Waals surface area contributed by atoms with Gasteiger partial charge in [0, 0.05) is 25.6 Å². The minimum absolute atomic E-state index is 0. The second-order valence-corrected chi connectivity index (χ2v) is 7.62. The highest BCUT2D eigenvalue weighted by molar-refractivity contribution is 6.13. The second-order valence-electron chi connectivity index (χ2n) is 7.62. The number of hydrogen-bond donors (Lipinski definition) is 1. The Hall–Kier alpha value is -2.58. The number of carbonyl (C=O) groups excluding carboxylic acids is 2. The van der Waals surface area contributed by atoms with E-state index in [1.54, 1.807) is 13.0 Å². The number of fused-ring (bicyclic) bond motifs is 3. The van der Waals surface area contributed by atoms with Crippen LogP contribution in [-0.2, 0) is 27.0 Å². The normalized spacial score (nSPS) is 22.7. The zero-order chi connectivity index (χ0) is 21.5. The Morgan fingerprint density at radius 2 is 1.90 bits per heavy atom. The van der Waals surface area contributed by atoms with E-state index in [0.717, 1.165) is 11.6 Å². The van der Waals surface area contributed by atoms with Crippen LogP contribution >= 0.6 is 12.4 Å². The summed E-state index contributed by atoms with van der Waals surface area (Å²) in [5, 5.41) is 2.38. The van der Waals surface area contributed by atoms with Gasteiger partial charge in [0.15, 0.2) is 5.41 Å². The average molecular weight is 455 g/mol. The first-order chi connectivity index (χ1) is 14.3. The molecular formula is C22H22ClF3N2O3. The third-order valence-electron chi connectivity index (χ3n) is 5.82. The molecule has 1 saturated heterocycles. The largest absolute Gasteiger partial charge is 0.465 e. The second kappa shape index (κ2) is 8.51. The highest BCUT2D eigenvalue weighted by Crippen LogP contribution is 2.52. The summed E-state index contributed by atoms with van der Waals surface area (Å²) in [6.45, 7) is 2.54. The van der Waals surface area contributed by atoms with E-state index in [1.165, 1.54) is 6.07 Å². The molecule has 0 aliphatic carbocycles. The molecule has 0 spiro atoms. The van der Waals surface area contributed by atoms with Gasteiger partial charge in [-0.3, -0.25) is 14.5 Å². The Morgan fingerprint density at radius 3 is 2.55 bits per heavy atom. The maximum Gasteiger partial charge on any atom is 0.418 e. The molecule has 0 aromatic heterocycles. The molecule has 2 aromatic carbocycles. The van der Waals surface area contributed by atoms with Crippen LogP contribution in [0.4, 0.5) is 18.9 Å². The van der Waals surface area contributed by atoms with Crippen LogP contribution in [-0.4, -0.2) is 36.5 Å². The first kappa shape index (κ1) is 23.1. The standard InChI is InChI=1S/C22H21F3N2O3.ClH/c1-2-30-20(29)21-13-27(11-14-7-4-3-5-8-14)12-17(21)15-9-6-10-16(22(23,24)25)18(15)26-19(21)28;/h3-10,17H,2,11-13H2,1H3,(H,26,28);1H/t17-,21+;/m1./s1. The third kappa shape index (κ3) is 3.90. The van der Waals surface area contributed by atoms with Crippen LogP contribution in [0.3, 0.4) is 0 Å². The molecule has 2 heterocycles. The molecule has 0 saturated carbocycles. The predicted molar refractivity (Wildman–Crippen MR) is 111 cm³/mol. The Bertz CT molecular complexity index is 984. The molecule has 31 heavy (non-hydrogen) atoms. The van der Waals surface area contributed by atoms with Crippen molar-refractivity contribution in [3.63, 3.8) is 0 Å². The minimum atomic E-state index is -4.62. The lowest BCUT2D eigenvalue weighted by molar-refractivity contribution is -0.159. The number of benzene rings is 2. The molecular weight excluding hydrogens is 433 g/mol. The maximum atomic E-state index is 13.5. The summed E-state index contributed by atoms with van der Waals surface area (Å²) in [7, 11) is 0. The van der Waals surface area contributed by atoms with Crippen molar-refractivity contribution in [2.24, 2.45) is 5.41 Å². The van der Waals surface area contributed by atoms with E-state index in [4.69, 9.17) is 4.74 Å². The molecule has 5 nitrogen and oxygen atoms in total. The van der Waals surface area contributed by atoms with E-state index in [1.807, 2.05) is 35.2 Å². The summed E-state index contributed by atoms with van der Waals surface area (Å²) in [4.78, 5) is 28.0. The molecule has 1 fully saturated rings. The molecule has 0 radical (unpaired) electrons. The van der Waals surface area contributed by atoms with Crippen LogP contribution in [0.2, 0.25) is 0 Å². The van der Waals surface area contributed by atoms with Gasteiger partial charge in [0.1, 0.15) is 0 Å². The van der Waals surface area contributed by atoms with Gasteiger partial charge in [-0.05, 0) is 24.1 Å². The molecule has 2 aliphatic heterocycles. The van der Waals surface area contributed by atoms with Crippen molar-refractivity contribution in [2.45, 2.75) is 25.6 Å². The Kier molecular flexibility index (Phi) is 6.34. The number of amides is 1. The minimum Gasteiger partial charge on any atom is -0.465 e. The smallest absolute Gasteiger partial charge is 0.418 e. The van der Waals surface area contributed by atoms with Gasteiger partial charge in [0.2, 0.25) is 5.91 Å². The summed E-state index contributed by atoms with van der Waals surface area (Å²) in [5.41, 5.74) is -1.45. The van der Waals surface area contributed by atoms with Crippen molar-refractivity contribution in [3.8, 4) is 0 Å². The number of rotatable bonds is 4. The van der Waals surface area contributed by atoms with Crippen LogP contribution < -0.4 is 5.32 Å². The first-order valence-electron chi connectivity index (χ1n) is 9.72. The third-order valence-corrected chi connectivity index (χ3v) is 5.82. The lowest BCUT2D eigenvalue weighted by Crippen LogP contribution is -2.52. The molecule has 2 atom stereocenters. The van der Waals surface area contributed by atoms with Gasteiger partial charge in [-0.25, -0.2) is 0 Å². The molecule has 166 valence electrons. The van der Waals surface area contributed by atoms with Crippen LogP contribution in [0, 0.1) is 5.41 Å².